The van der Waals surface area contributed by atoms with E-state index in [1.807, 2.05) is 17.4 Å². The number of furan rings is 1. The first-order valence-electron chi connectivity index (χ1n) is 16.9. The first-order chi connectivity index (χ1) is 24.8. The molecular formula is C45H31N3OS. The maximum absolute atomic E-state index is 6.66. The molecule has 0 fully saturated rings. The van der Waals surface area contributed by atoms with E-state index in [0.29, 0.717) is 0 Å². The van der Waals surface area contributed by atoms with Gasteiger partial charge in [0.05, 0.1) is 0 Å². The van der Waals surface area contributed by atoms with Crippen LogP contribution in [0.25, 0.3) is 64.4 Å². The van der Waals surface area contributed by atoms with Crippen LogP contribution in [0.3, 0.4) is 0 Å². The SMILES string of the molecule is c1ccc(-c2cccc(C3NC(c4cccc5c4sc4ccccc45)=NC(c4ccc5c(c4)oc4c(-c6ccccc6)cccc45)N3)c2)cc1. The van der Waals surface area contributed by atoms with E-state index in [4.69, 9.17) is 9.41 Å². The summed E-state index contributed by atoms with van der Waals surface area (Å²) < 4.78 is 9.17. The van der Waals surface area contributed by atoms with E-state index in [2.05, 4.69) is 168 Å². The van der Waals surface area contributed by atoms with Crippen molar-refractivity contribution >= 4 is 59.3 Å². The summed E-state index contributed by atoms with van der Waals surface area (Å²) in [5.41, 5.74) is 9.66. The normalized spacial score (nSPS) is 16.2. The molecule has 1 aliphatic heterocycles. The molecule has 4 nitrogen and oxygen atoms in total. The number of para-hydroxylation sites is 1. The molecule has 0 aliphatic carbocycles. The Morgan fingerprint density at radius 2 is 1.22 bits per heavy atom. The zero-order chi connectivity index (χ0) is 33.0. The smallest absolute Gasteiger partial charge is 0.143 e. The lowest BCUT2D eigenvalue weighted by Crippen LogP contribution is -2.45. The van der Waals surface area contributed by atoms with E-state index in [1.54, 1.807) is 0 Å². The van der Waals surface area contributed by atoms with Gasteiger partial charge in [0.2, 0.25) is 0 Å². The van der Waals surface area contributed by atoms with Crippen LogP contribution >= 0.6 is 11.3 Å². The lowest BCUT2D eigenvalue weighted by Gasteiger charge is -2.32. The molecule has 0 spiro atoms. The van der Waals surface area contributed by atoms with E-state index in [0.717, 1.165) is 55.6 Å². The molecule has 238 valence electrons. The number of rotatable bonds is 5. The van der Waals surface area contributed by atoms with Gasteiger partial charge >= 0.3 is 0 Å². The number of hydrogen-bond acceptors (Lipinski definition) is 5. The summed E-state index contributed by atoms with van der Waals surface area (Å²) >= 11 is 1.82. The summed E-state index contributed by atoms with van der Waals surface area (Å²) in [6.45, 7) is 0. The summed E-state index contributed by atoms with van der Waals surface area (Å²) in [7, 11) is 0. The fourth-order valence-corrected chi connectivity index (χ4v) is 8.55. The fraction of sp³-hybridized carbons (Fsp3) is 0.0444. The Morgan fingerprint density at radius 3 is 2.08 bits per heavy atom. The van der Waals surface area contributed by atoms with Crippen molar-refractivity contribution in [2.45, 2.75) is 12.3 Å². The van der Waals surface area contributed by atoms with Gasteiger partial charge in [0, 0.05) is 42.1 Å². The highest BCUT2D eigenvalue weighted by Crippen LogP contribution is 2.39. The summed E-state index contributed by atoms with van der Waals surface area (Å²) in [4.78, 5) is 5.38. The molecular weight excluding hydrogens is 631 g/mol. The van der Waals surface area contributed by atoms with Crippen molar-refractivity contribution in [3.8, 4) is 22.3 Å². The first kappa shape index (κ1) is 29.0. The minimum Gasteiger partial charge on any atom is -0.455 e. The van der Waals surface area contributed by atoms with E-state index >= 15 is 0 Å². The van der Waals surface area contributed by atoms with Crippen LogP contribution in [0.15, 0.2) is 173 Å². The topological polar surface area (TPSA) is 49.6 Å². The van der Waals surface area contributed by atoms with Crippen molar-refractivity contribution in [2.75, 3.05) is 0 Å². The highest BCUT2D eigenvalue weighted by Gasteiger charge is 2.28. The van der Waals surface area contributed by atoms with Crippen molar-refractivity contribution in [1.29, 1.82) is 0 Å². The van der Waals surface area contributed by atoms with Crippen LogP contribution in [0.1, 0.15) is 29.0 Å². The Balaban J connectivity index is 1.11. The Labute approximate surface area is 293 Å². The Morgan fingerprint density at radius 1 is 0.520 bits per heavy atom. The number of aliphatic imine (C=N–C) groups is 1. The van der Waals surface area contributed by atoms with Crippen molar-refractivity contribution in [3.05, 3.63) is 180 Å². The molecule has 5 heteroatoms. The molecule has 2 aromatic heterocycles. The molecule has 0 saturated carbocycles. The van der Waals surface area contributed by atoms with Crippen molar-refractivity contribution in [1.82, 2.24) is 10.6 Å². The molecule has 2 N–H and O–H groups in total. The Hall–Kier alpha value is -6.01. The van der Waals surface area contributed by atoms with Crippen molar-refractivity contribution < 1.29 is 4.42 Å². The van der Waals surface area contributed by atoms with E-state index in [-0.39, 0.29) is 12.3 Å². The molecule has 2 atom stereocenters. The number of thiophene rings is 1. The van der Waals surface area contributed by atoms with Gasteiger partial charge in [-0.1, -0.05) is 140 Å². The number of benzene rings is 7. The van der Waals surface area contributed by atoms with Gasteiger partial charge in [-0.05, 0) is 52.1 Å². The average Bonchev–Trinajstić information content (AvgIpc) is 3.77. The fourth-order valence-electron chi connectivity index (χ4n) is 7.33. The lowest BCUT2D eigenvalue weighted by atomic mass is 10.00. The van der Waals surface area contributed by atoms with Gasteiger partial charge in [-0.25, -0.2) is 4.99 Å². The maximum atomic E-state index is 6.66. The highest BCUT2D eigenvalue weighted by molar-refractivity contribution is 7.26. The standard InChI is InChI=1S/C45H31N3OS/c1-3-12-28(13-4-1)30-16-9-17-31(26-30)43-46-44(48-45(47-43)38-22-11-21-37-35-18-7-8-23-40(35)50-42(37)38)32-24-25-34-36-20-10-19-33(29-14-5-2-6-15-29)41(36)49-39(34)27-32/h1-27,43-44,46H,(H,47,48). The average molecular weight is 662 g/mol. The molecule has 0 radical (unpaired) electrons. The van der Waals surface area contributed by atoms with Crippen LogP contribution in [0.2, 0.25) is 0 Å². The second kappa shape index (κ2) is 11.8. The molecule has 7 aromatic carbocycles. The second-order valence-corrected chi connectivity index (χ2v) is 13.9. The largest absolute Gasteiger partial charge is 0.455 e. The predicted octanol–water partition coefficient (Wildman–Crippen LogP) is 11.6. The number of nitrogens with zero attached hydrogens (tertiary/aromatic N) is 1. The summed E-state index contributed by atoms with van der Waals surface area (Å²) in [5, 5.41) is 12.4. The van der Waals surface area contributed by atoms with Gasteiger partial charge in [0.1, 0.15) is 29.3 Å². The Kier molecular flexibility index (Phi) is 6.86. The monoisotopic (exact) mass is 661 g/mol. The Bertz CT molecular complexity index is 2730. The van der Waals surface area contributed by atoms with Crippen LogP contribution in [0.5, 0.6) is 0 Å². The van der Waals surface area contributed by atoms with Gasteiger partial charge in [0.25, 0.3) is 0 Å². The number of hydrogen-bond donors (Lipinski definition) is 2. The van der Waals surface area contributed by atoms with Gasteiger partial charge < -0.3 is 9.73 Å². The summed E-state index contributed by atoms with van der Waals surface area (Å²) in [6.07, 6.45) is -0.496. The van der Waals surface area contributed by atoms with Crippen molar-refractivity contribution in [2.24, 2.45) is 4.99 Å². The van der Waals surface area contributed by atoms with Gasteiger partial charge in [-0.3, -0.25) is 5.32 Å². The molecule has 2 unspecified atom stereocenters. The third-order valence-electron chi connectivity index (χ3n) is 9.77. The predicted molar refractivity (Wildman–Crippen MR) is 209 cm³/mol. The first-order valence-corrected chi connectivity index (χ1v) is 17.8. The third kappa shape index (κ3) is 4.90. The minimum atomic E-state index is -0.313. The van der Waals surface area contributed by atoms with Crippen molar-refractivity contribution in [3.63, 3.8) is 0 Å². The molecule has 0 saturated heterocycles. The number of nitrogens with one attached hydrogen (secondary N) is 2. The molecule has 0 amide bonds. The third-order valence-corrected chi connectivity index (χ3v) is 11.0. The van der Waals surface area contributed by atoms with E-state index in [9.17, 15) is 0 Å². The number of amidine groups is 1. The zero-order valence-corrected chi connectivity index (χ0v) is 27.8. The van der Waals surface area contributed by atoms with E-state index in [1.165, 1.54) is 31.3 Å². The highest BCUT2D eigenvalue weighted by atomic mass is 32.1. The zero-order valence-electron chi connectivity index (χ0n) is 27.0. The number of fused-ring (bicyclic) bond motifs is 6. The molecule has 10 rings (SSSR count). The summed E-state index contributed by atoms with van der Waals surface area (Å²) in [5.74, 6) is 0.872. The van der Waals surface area contributed by atoms with Crippen LogP contribution in [-0.4, -0.2) is 5.84 Å². The minimum absolute atomic E-state index is 0.183. The van der Waals surface area contributed by atoms with Gasteiger partial charge in [0.15, 0.2) is 0 Å². The van der Waals surface area contributed by atoms with Gasteiger partial charge in [-0.2, -0.15) is 0 Å². The molecule has 0 bridgehead atoms. The maximum Gasteiger partial charge on any atom is 0.143 e. The molecule has 3 heterocycles. The van der Waals surface area contributed by atoms with Crippen LogP contribution in [0.4, 0.5) is 0 Å². The summed E-state index contributed by atoms with van der Waals surface area (Å²) in [6, 6.07) is 57.9. The molecule has 1 aliphatic rings. The quantitative estimate of drug-likeness (QED) is 0.193. The van der Waals surface area contributed by atoms with Crippen LogP contribution < -0.4 is 10.6 Å². The second-order valence-electron chi connectivity index (χ2n) is 12.8. The van der Waals surface area contributed by atoms with Crippen LogP contribution in [-0.2, 0) is 0 Å². The lowest BCUT2D eigenvalue weighted by molar-refractivity contribution is 0.409. The van der Waals surface area contributed by atoms with Gasteiger partial charge in [-0.15, -0.1) is 11.3 Å². The van der Waals surface area contributed by atoms with Crippen LogP contribution in [0, 0.1) is 0 Å². The van der Waals surface area contributed by atoms with E-state index < -0.39 is 0 Å². The molecule has 9 aromatic rings. The molecule has 50 heavy (non-hydrogen) atoms.